The first-order valence-corrected chi connectivity index (χ1v) is 9.50. The van der Waals surface area contributed by atoms with Crippen LogP contribution in [0.25, 0.3) is 11.1 Å². The lowest BCUT2D eigenvalue weighted by atomic mass is 9.98. The predicted molar refractivity (Wildman–Crippen MR) is 95.6 cm³/mol. The Labute approximate surface area is 155 Å². The maximum atomic E-state index is 12.2. The summed E-state index contributed by atoms with van der Waals surface area (Å²) < 4.78 is 37.0. The van der Waals surface area contributed by atoms with Gasteiger partial charge in [0.05, 0.1) is 13.0 Å². The zero-order chi connectivity index (χ0) is 19.6. The molecule has 0 aliphatic heterocycles. The van der Waals surface area contributed by atoms with Gasteiger partial charge in [-0.15, -0.1) is 0 Å². The van der Waals surface area contributed by atoms with Crippen LogP contribution in [0, 0.1) is 0 Å². The van der Waals surface area contributed by atoms with Gasteiger partial charge in [-0.1, -0.05) is 48.5 Å². The van der Waals surface area contributed by atoms with Gasteiger partial charge in [0.2, 0.25) is 0 Å². The minimum Gasteiger partial charge on any atom is -0.481 e. The molecule has 0 heterocycles. The lowest BCUT2D eigenvalue weighted by Gasteiger charge is -2.20. The van der Waals surface area contributed by atoms with Gasteiger partial charge in [0.1, 0.15) is 6.61 Å². The van der Waals surface area contributed by atoms with Gasteiger partial charge in [-0.25, -0.2) is 4.79 Å². The normalized spacial score (nSPS) is 12.9. The van der Waals surface area contributed by atoms with E-state index in [1.54, 1.807) is 0 Å². The smallest absolute Gasteiger partial charge is 0.425 e. The fraction of sp³-hybridized carbons (Fsp3) is 0.222. The molecule has 8 nitrogen and oxygen atoms in total. The molecule has 1 aliphatic carbocycles. The molecule has 0 saturated carbocycles. The molecule has 9 heteroatoms. The summed E-state index contributed by atoms with van der Waals surface area (Å²) in [5, 5.41) is 8.68. The highest BCUT2D eigenvalue weighted by Gasteiger charge is 2.32. The second kappa shape index (κ2) is 7.37. The van der Waals surface area contributed by atoms with Gasteiger partial charge < -0.3 is 9.84 Å². The number of carboxylic acids is 1. The first kappa shape index (κ1) is 18.9. The zero-order valence-corrected chi connectivity index (χ0v) is 14.9. The molecule has 1 amide bonds. The van der Waals surface area contributed by atoms with Crippen LogP contribution >= 0.6 is 0 Å². The van der Waals surface area contributed by atoms with Crippen molar-refractivity contribution in [2.24, 2.45) is 0 Å². The number of rotatable bonds is 6. The van der Waals surface area contributed by atoms with E-state index in [1.807, 2.05) is 48.5 Å². The Morgan fingerprint density at radius 2 is 1.52 bits per heavy atom. The third kappa shape index (κ3) is 3.93. The summed E-state index contributed by atoms with van der Waals surface area (Å²) in [5.74, 6) is -1.60. The van der Waals surface area contributed by atoms with Crippen molar-refractivity contribution < 1.29 is 32.4 Å². The molecule has 3 rings (SSSR count). The van der Waals surface area contributed by atoms with Crippen molar-refractivity contribution in [2.75, 3.05) is 13.2 Å². The number of hydrogen-bond donors (Lipinski definition) is 2. The van der Waals surface area contributed by atoms with E-state index in [0.29, 0.717) is 0 Å². The molecule has 0 spiro atoms. The summed E-state index contributed by atoms with van der Waals surface area (Å²) in [4.78, 5) is 22.8. The Balaban J connectivity index is 1.79. The van der Waals surface area contributed by atoms with Crippen molar-refractivity contribution in [1.82, 2.24) is 4.31 Å². The van der Waals surface area contributed by atoms with Crippen molar-refractivity contribution in [1.29, 1.82) is 0 Å². The van der Waals surface area contributed by atoms with E-state index in [9.17, 15) is 22.6 Å². The highest BCUT2D eigenvalue weighted by molar-refractivity contribution is 7.83. The minimum absolute atomic E-state index is 0.00782. The van der Waals surface area contributed by atoms with Crippen molar-refractivity contribution in [3.63, 3.8) is 0 Å². The van der Waals surface area contributed by atoms with Gasteiger partial charge in [-0.2, -0.15) is 12.7 Å². The average molecular weight is 391 g/mol. The van der Waals surface area contributed by atoms with E-state index in [4.69, 9.17) is 9.84 Å². The number of hydrogen-bond acceptors (Lipinski definition) is 5. The number of carboxylic acid groups (broad SMARTS) is 1. The average Bonchev–Trinajstić information content (AvgIpc) is 2.93. The maximum Gasteiger partial charge on any atom is 0.425 e. The van der Waals surface area contributed by atoms with Crippen molar-refractivity contribution in [2.45, 2.75) is 12.3 Å². The van der Waals surface area contributed by atoms with Crippen molar-refractivity contribution in [3.8, 4) is 11.1 Å². The standard InChI is InChI=1S/C18H17NO7S/c20-17(21)9-10-19(27(23,24)25)18(22)26-11-16-14-7-3-1-5-12(14)13-6-2-4-8-15(13)16/h1-8,16H,9-11H2,(H,20,21)(H,23,24,25). The van der Waals surface area contributed by atoms with E-state index < -0.39 is 35.3 Å². The van der Waals surface area contributed by atoms with E-state index in [0.717, 1.165) is 22.3 Å². The molecule has 142 valence electrons. The molecular formula is C18H17NO7S. The number of carbonyl (C=O) groups excluding carboxylic acids is 1. The number of ether oxygens (including phenoxy) is 1. The molecule has 1 aliphatic rings. The third-order valence-electron chi connectivity index (χ3n) is 4.35. The van der Waals surface area contributed by atoms with E-state index in [-0.39, 0.29) is 16.8 Å². The summed E-state index contributed by atoms with van der Waals surface area (Å²) in [7, 11) is -4.93. The fourth-order valence-electron chi connectivity index (χ4n) is 3.16. The van der Waals surface area contributed by atoms with Crippen LogP contribution in [-0.2, 0) is 19.8 Å². The monoisotopic (exact) mass is 391 g/mol. The molecule has 0 bridgehead atoms. The molecular weight excluding hydrogens is 374 g/mol. The topological polar surface area (TPSA) is 121 Å². The molecule has 2 N–H and O–H groups in total. The highest BCUT2D eigenvalue weighted by atomic mass is 32.2. The number of aliphatic carboxylic acids is 1. The Bertz CT molecular complexity index is 941. The molecule has 0 fully saturated rings. The molecule has 2 aromatic carbocycles. The number of nitrogens with zero attached hydrogens (tertiary/aromatic N) is 1. The van der Waals surface area contributed by atoms with E-state index in [2.05, 4.69) is 0 Å². The van der Waals surface area contributed by atoms with Crippen molar-refractivity contribution >= 4 is 22.4 Å². The molecule has 2 aromatic rings. The van der Waals surface area contributed by atoms with Gasteiger partial charge in [-0.05, 0) is 22.3 Å². The number of fused-ring (bicyclic) bond motifs is 3. The van der Waals surface area contributed by atoms with Crippen LogP contribution in [0.2, 0.25) is 0 Å². The largest absolute Gasteiger partial charge is 0.481 e. The molecule has 0 unspecified atom stereocenters. The van der Waals surface area contributed by atoms with Gasteiger partial charge in [0.25, 0.3) is 0 Å². The number of amides is 1. The minimum atomic E-state index is -4.93. The Morgan fingerprint density at radius 3 is 2.00 bits per heavy atom. The summed E-state index contributed by atoms with van der Waals surface area (Å²) in [6.07, 6.45) is -1.97. The Morgan fingerprint density at radius 1 is 1.00 bits per heavy atom. The van der Waals surface area contributed by atoms with Crippen LogP contribution in [0.1, 0.15) is 23.5 Å². The summed E-state index contributed by atoms with van der Waals surface area (Å²) in [6, 6.07) is 15.2. The van der Waals surface area contributed by atoms with E-state index >= 15 is 0 Å². The summed E-state index contributed by atoms with van der Waals surface area (Å²) in [5.41, 5.74) is 3.89. The Hall–Kier alpha value is -2.91. The third-order valence-corrected chi connectivity index (χ3v) is 5.24. The van der Waals surface area contributed by atoms with Gasteiger partial charge >= 0.3 is 22.4 Å². The summed E-state index contributed by atoms with van der Waals surface area (Å²) in [6.45, 7) is -0.864. The number of carbonyl (C=O) groups is 2. The van der Waals surface area contributed by atoms with Gasteiger partial charge in [0.15, 0.2) is 0 Å². The quantitative estimate of drug-likeness (QED) is 0.726. The first-order valence-electron chi connectivity index (χ1n) is 8.11. The maximum absolute atomic E-state index is 12.2. The molecule has 0 radical (unpaired) electrons. The van der Waals surface area contributed by atoms with E-state index in [1.165, 1.54) is 0 Å². The number of benzene rings is 2. The molecule has 0 saturated heterocycles. The first-order chi connectivity index (χ1) is 12.8. The van der Waals surface area contributed by atoms with Crippen molar-refractivity contribution in [3.05, 3.63) is 59.7 Å². The van der Waals surface area contributed by atoms with Crippen LogP contribution in [0.4, 0.5) is 4.79 Å². The Kier molecular flexibility index (Phi) is 5.15. The van der Waals surface area contributed by atoms with Gasteiger partial charge in [0, 0.05) is 5.92 Å². The second-order valence-electron chi connectivity index (χ2n) is 6.00. The molecule has 0 atom stereocenters. The SMILES string of the molecule is O=C(O)CCN(C(=O)OCC1c2ccccc2-c2ccccc21)S(=O)(=O)O. The fourth-order valence-corrected chi connectivity index (χ4v) is 3.73. The second-order valence-corrected chi connectivity index (χ2v) is 7.33. The van der Waals surface area contributed by atoms with Crippen LogP contribution < -0.4 is 0 Å². The van der Waals surface area contributed by atoms with Crippen LogP contribution in [0.15, 0.2) is 48.5 Å². The van der Waals surface area contributed by atoms with Crippen LogP contribution in [0.5, 0.6) is 0 Å². The van der Waals surface area contributed by atoms with Gasteiger partial charge in [-0.3, -0.25) is 9.35 Å². The lowest BCUT2D eigenvalue weighted by molar-refractivity contribution is -0.137. The van der Waals surface area contributed by atoms with Crippen LogP contribution in [0.3, 0.4) is 0 Å². The predicted octanol–water partition coefficient (Wildman–Crippen LogP) is 2.52. The molecule has 27 heavy (non-hydrogen) atoms. The highest BCUT2D eigenvalue weighted by Crippen LogP contribution is 2.44. The summed E-state index contributed by atoms with van der Waals surface area (Å²) >= 11 is 0. The lowest BCUT2D eigenvalue weighted by Crippen LogP contribution is -2.38. The molecule has 0 aromatic heterocycles. The zero-order valence-electron chi connectivity index (χ0n) is 14.1. The van der Waals surface area contributed by atoms with Crippen LogP contribution in [-0.4, -0.2) is 47.6 Å².